The summed E-state index contributed by atoms with van der Waals surface area (Å²) in [7, 11) is 1.68. The van der Waals surface area contributed by atoms with Crippen molar-refractivity contribution in [2.45, 2.75) is 39.0 Å². The molecule has 2 aromatic rings. The van der Waals surface area contributed by atoms with Gasteiger partial charge in [-0.15, -0.1) is 0 Å². The van der Waals surface area contributed by atoms with E-state index in [1.54, 1.807) is 13.1 Å². The summed E-state index contributed by atoms with van der Waals surface area (Å²) in [4.78, 5) is 4.20. The number of guanidine groups is 1. The fraction of sp³-hybridized carbons (Fsp3) is 0.409. The van der Waals surface area contributed by atoms with Crippen molar-refractivity contribution in [3.05, 3.63) is 58.9 Å². The maximum Gasteiger partial charge on any atom is 0.191 e. The summed E-state index contributed by atoms with van der Waals surface area (Å²) >= 11 is 0. The minimum atomic E-state index is -0.639. The summed E-state index contributed by atoms with van der Waals surface area (Å²) in [5, 5.41) is 15.7. The van der Waals surface area contributed by atoms with Crippen LogP contribution < -0.4 is 15.4 Å². The molecule has 1 unspecified atom stereocenters. The molecule has 3 N–H and O–H groups in total. The van der Waals surface area contributed by atoms with Gasteiger partial charge in [0.15, 0.2) is 17.5 Å². The van der Waals surface area contributed by atoms with Crippen LogP contribution in [0.2, 0.25) is 0 Å². The molecule has 29 heavy (non-hydrogen) atoms. The molecule has 7 heteroatoms. The van der Waals surface area contributed by atoms with Crippen molar-refractivity contribution < 1.29 is 19.0 Å². The smallest absolute Gasteiger partial charge is 0.191 e. The molecular weight excluding hydrogens is 373 g/mol. The number of aromatic hydroxyl groups is 1. The summed E-state index contributed by atoms with van der Waals surface area (Å²) in [6.07, 6.45) is 2.29. The molecule has 0 radical (unpaired) electrons. The molecule has 6 nitrogen and oxygen atoms in total. The van der Waals surface area contributed by atoms with E-state index >= 15 is 0 Å². The van der Waals surface area contributed by atoms with Gasteiger partial charge in [-0.05, 0) is 49.1 Å². The van der Waals surface area contributed by atoms with E-state index in [4.69, 9.17) is 9.47 Å². The maximum absolute atomic E-state index is 13.5. The topological polar surface area (TPSA) is 75.1 Å². The Balaban J connectivity index is 1.56. The van der Waals surface area contributed by atoms with Gasteiger partial charge in [-0.3, -0.25) is 4.99 Å². The molecule has 0 saturated carbocycles. The molecule has 0 aromatic heterocycles. The quantitative estimate of drug-likeness (QED) is 0.491. The van der Waals surface area contributed by atoms with Crippen molar-refractivity contribution in [1.29, 1.82) is 0 Å². The van der Waals surface area contributed by atoms with Crippen LogP contribution in [0.3, 0.4) is 0 Å². The van der Waals surface area contributed by atoms with Crippen LogP contribution in [0.15, 0.2) is 41.4 Å². The van der Waals surface area contributed by atoms with E-state index in [0.29, 0.717) is 31.2 Å². The molecule has 0 spiro atoms. The second-order valence-corrected chi connectivity index (χ2v) is 7.12. The first-order chi connectivity index (χ1) is 14.0. The highest BCUT2D eigenvalue weighted by Crippen LogP contribution is 2.22. The number of aliphatic imine (C=N–C) groups is 1. The van der Waals surface area contributed by atoms with E-state index < -0.39 is 5.82 Å². The van der Waals surface area contributed by atoms with Gasteiger partial charge in [-0.1, -0.05) is 18.2 Å². The number of halogens is 1. The highest BCUT2D eigenvalue weighted by atomic mass is 19.1. The van der Waals surface area contributed by atoms with Gasteiger partial charge in [0.05, 0.1) is 6.10 Å². The molecule has 0 aliphatic carbocycles. The lowest BCUT2D eigenvalue weighted by Crippen LogP contribution is -2.36. The minimum Gasteiger partial charge on any atom is -0.505 e. The predicted molar refractivity (Wildman–Crippen MR) is 111 cm³/mol. The van der Waals surface area contributed by atoms with Gasteiger partial charge in [0, 0.05) is 32.3 Å². The van der Waals surface area contributed by atoms with Crippen molar-refractivity contribution in [3.8, 4) is 11.5 Å². The standard InChI is InChI=1S/C22H28FN3O3/c1-15-5-7-17(21(10-15)29-14-18-4-3-9-28-18)13-26-22(24-2)25-12-16-6-8-20(27)19(23)11-16/h5-8,10-11,18,27H,3-4,9,12-14H2,1-2H3,(H2,24,25,26). The van der Waals surface area contributed by atoms with Gasteiger partial charge in [-0.25, -0.2) is 4.39 Å². The lowest BCUT2D eigenvalue weighted by atomic mass is 10.1. The van der Waals surface area contributed by atoms with Gasteiger partial charge in [0.25, 0.3) is 0 Å². The Hall–Kier alpha value is -2.80. The fourth-order valence-electron chi connectivity index (χ4n) is 3.15. The van der Waals surface area contributed by atoms with Crippen LogP contribution in [0, 0.1) is 12.7 Å². The number of phenols is 1. The Morgan fingerprint density at radius 1 is 1.24 bits per heavy atom. The summed E-state index contributed by atoms with van der Waals surface area (Å²) < 4.78 is 25.1. The van der Waals surface area contributed by atoms with E-state index in [1.807, 2.05) is 25.1 Å². The van der Waals surface area contributed by atoms with Crippen molar-refractivity contribution >= 4 is 5.96 Å². The second-order valence-electron chi connectivity index (χ2n) is 7.12. The molecule has 1 saturated heterocycles. The molecule has 156 valence electrons. The number of nitrogens with one attached hydrogen (secondary N) is 2. The number of hydrogen-bond donors (Lipinski definition) is 3. The molecule has 1 heterocycles. The van der Waals surface area contributed by atoms with Crippen molar-refractivity contribution in [2.24, 2.45) is 4.99 Å². The SMILES string of the molecule is CN=C(NCc1ccc(O)c(F)c1)NCc1ccc(C)cc1OCC1CCCO1. The normalized spacial score (nSPS) is 16.7. The first-order valence-corrected chi connectivity index (χ1v) is 9.81. The van der Waals surface area contributed by atoms with E-state index in [2.05, 4.69) is 15.6 Å². The summed E-state index contributed by atoms with van der Waals surface area (Å²) in [6.45, 7) is 4.31. The molecule has 2 aromatic carbocycles. The summed E-state index contributed by atoms with van der Waals surface area (Å²) in [6, 6.07) is 10.4. The third-order valence-electron chi connectivity index (χ3n) is 4.81. The molecule has 0 bridgehead atoms. The largest absolute Gasteiger partial charge is 0.505 e. The van der Waals surface area contributed by atoms with Crippen LogP contribution in [0.1, 0.15) is 29.5 Å². The van der Waals surface area contributed by atoms with E-state index in [-0.39, 0.29) is 11.9 Å². The highest BCUT2D eigenvalue weighted by molar-refractivity contribution is 5.79. The first-order valence-electron chi connectivity index (χ1n) is 9.81. The monoisotopic (exact) mass is 401 g/mol. The zero-order valence-electron chi connectivity index (χ0n) is 16.9. The molecule has 1 fully saturated rings. The average Bonchev–Trinajstić information content (AvgIpc) is 3.24. The van der Waals surface area contributed by atoms with Crippen molar-refractivity contribution in [3.63, 3.8) is 0 Å². The Morgan fingerprint density at radius 3 is 2.79 bits per heavy atom. The maximum atomic E-state index is 13.5. The molecular formula is C22H28FN3O3. The third kappa shape index (κ3) is 6.09. The number of hydrogen-bond acceptors (Lipinski definition) is 4. The van der Waals surface area contributed by atoms with Crippen LogP contribution in [-0.4, -0.2) is 37.4 Å². The Morgan fingerprint density at radius 2 is 2.07 bits per heavy atom. The molecule has 0 amide bonds. The van der Waals surface area contributed by atoms with Gasteiger partial charge in [0.1, 0.15) is 12.4 Å². The zero-order valence-corrected chi connectivity index (χ0v) is 16.9. The fourth-order valence-corrected chi connectivity index (χ4v) is 3.15. The number of benzene rings is 2. The van der Waals surface area contributed by atoms with Gasteiger partial charge in [-0.2, -0.15) is 0 Å². The van der Waals surface area contributed by atoms with E-state index in [9.17, 15) is 9.50 Å². The first kappa shape index (κ1) is 20.9. The predicted octanol–water partition coefficient (Wildman–Crippen LogP) is 3.26. The number of ether oxygens (including phenoxy) is 2. The Bertz CT molecular complexity index is 851. The van der Waals surface area contributed by atoms with Crippen LogP contribution in [0.4, 0.5) is 4.39 Å². The molecule has 1 aliphatic heterocycles. The highest BCUT2D eigenvalue weighted by Gasteiger charge is 2.17. The van der Waals surface area contributed by atoms with Crippen molar-refractivity contribution in [2.75, 3.05) is 20.3 Å². The van der Waals surface area contributed by atoms with Crippen LogP contribution in [-0.2, 0) is 17.8 Å². The van der Waals surface area contributed by atoms with E-state index in [0.717, 1.165) is 36.3 Å². The Labute approximate surface area is 170 Å². The summed E-state index contributed by atoms with van der Waals surface area (Å²) in [5.74, 6) is 0.430. The number of rotatable bonds is 7. The van der Waals surface area contributed by atoms with Crippen LogP contribution in [0.5, 0.6) is 11.5 Å². The van der Waals surface area contributed by atoms with E-state index in [1.165, 1.54) is 12.1 Å². The summed E-state index contributed by atoms with van der Waals surface area (Å²) in [5.41, 5.74) is 2.86. The third-order valence-corrected chi connectivity index (χ3v) is 4.81. The molecule has 1 atom stereocenters. The number of nitrogens with zero attached hydrogens (tertiary/aromatic N) is 1. The number of aryl methyl sites for hydroxylation is 1. The lowest BCUT2D eigenvalue weighted by molar-refractivity contribution is 0.0676. The number of phenolic OH excluding ortho intramolecular Hbond substituents is 1. The average molecular weight is 401 g/mol. The zero-order chi connectivity index (χ0) is 20.6. The van der Waals surface area contributed by atoms with Crippen molar-refractivity contribution in [1.82, 2.24) is 10.6 Å². The Kier molecular flexibility index (Phi) is 7.30. The van der Waals surface area contributed by atoms with Gasteiger partial charge in [0.2, 0.25) is 0 Å². The van der Waals surface area contributed by atoms with Gasteiger partial charge >= 0.3 is 0 Å². The molecule has 1 aliphatic rings. The second kappa shape index (κ2) is 10.1. The van der Waals surface area contributed by atoms with Crippen LogP contribution in [0.25, 0.3) is 0 Å². The molecule has 3 rings (SSSR count). The van der Waals surface area contributed by atoms with Gasteiger partial charge < -0.3 is 25.2 Å². The minimum absolute atomic E-state index is 0.163. The lowest BCUT2D eigenvalue weighted by Gasteiger charge is -2.17. The van der Waals surface area contributed by atoms with Crippen LogP contribution >= 0.6 is 0 Å².